The molecule has 2 aliphatic heterocycles. The number of benzene rings is 1. The maximum absolute atomic E-state index is 13.7. The van der Waals surface area contributed by atoms with Crippen LogP contribution in [0.15, 0.2) is 18.2 Å². The molecule has 1 atom stereocenters. The number of rotatable bonds is 0. The van der Waals surface area contributed by atoms with E-state index in [2.05, 4.69) is 15.5 Å². The van der Waals surface area contributed by atoms with Crippen LogP contribution in [-0.4, -0.2) is 31.6 Å². The molecule has 1 saturated heterocycles. The molecule has 0 spiro atoms. The van der Waals surface area contributed by atoms with Gasteiger partial charge in [-0.05, 0) is 12.1 Å². The highest BCUT2D eigenvalue weighted by Gasteiger charge is 2.30. The lowest BCUT2D eigenvalue weighted by Crippen LogP contribution is -2.51. The maximum Gasteiger partial charge on any atom is 0.226 e. The fraction of sp³-hybridized carbons (Fsp3) is 0.417. The molecule has 0 aliphatic carbocycles. The first-order valence-electron chi connectivity index (χ1n) is 5.81. The molecule has 4 nitrogen and oxygen atoms in total. The van der Waals surface area contributed by atoms with Crippen molar-refractivity contribution in [3.63, 3.8) is 0 Å². The second kappa shape index (κ2) is 4.00. The first-order valence-corrected chi connectivity index (χ1v) is 5.81. The lowest BCUT2D eigenvalue weighted by molar-refractivity contribution is -0.116. The van der Waals surface area contributed by atoms with Gasteiger partial charge in [-0.15, -0.1) is 0 Å². The number of piperazine rings is 1. The van der Waals surface area contributed by atoms with Gasteiger partial charge >= 0.3 is 0 Å². The van der Waals surface area contributed by atoms with Crippen LogP contribution in [0.4, 0.5) is 15.8 Å². The van der Waals surface area contributed by atoms with Gasteiger partial charge in [0.1, 0.15) is 11.5 Å². The molecule has 17 heavy (non-hydrogen) atoms. The molecule has 0 unspecified atom stereocenters. The summed E-state index contributed by atoms with van der Waals surface area (Å²) >= 11 is 0. The zero-order chi connectivity index (χ0) is 11.8. The number of fused-ring (bicyclic) bond motifs is 3. The molecule has 2 heterocycles. The molecule has 1 amide bonds. The van der Waals surface area contributed by atoms with E-state index >= 15 is 0 Å². The summed E-state index contributed by atoms with van der Waals surface area (Å²) in [6.07, 6.45) is 0.404. The lowest BCUT2D eigenvalue weighted by Gasteiger charge is -2.36. The molecule has 5 heteroatoms. The van der Waals surface area contributed by atoms with Gasteiger partial charge in [-0.25, -0.2) is 4.39 Å². The van der Waals surface area contributed by atoms with E-state index in [0.29, 0.717) is 12.1 Å². The SMILES string of the molecule is O=C1C[C@@H]2CNCCN2c2cccc(F)c2N1. The van der Waals surface area contributed by atoms with Gasteiger partial charge in [0.15, 0.2) is 0 Å². The highest BCUT2D eigenvalue weighted by molar-refractivity contribution is 5.97. The molecule has 2 N–H and O–H groups in total. The minimum absolute atomic E-state index is 0.117. The molecule has 0 saturated carbocycles. The third kappa shape index (κ3) is 1.76. The Morgan fingerprint density at radius 2 is 2.29 bits per heavy atom. The van der Waals surface area contributed by atoms with Gasteiger partial charge in [-0.3, -0.25) is 4.79 Å². The van der Waals surface area contributed by atoms with Gasteiger partial charge in [-0.2, -0.15) is 0 Å². The molecular weight excluding hydrogens is 221 g/mol. The van der Waals surface area contributed by atoms with E-state index in [1.54, 1.807) is 6.07 Å². The van der Waals surface area contributed by atoms with Crippen molar-refractivity contribution in [2.24, 2.45) is 0 Å². The number of halogens is 1. The monoisotopic (exact) mass is 235 g/mol. The first kappa shape index (κ1) is 10.5. The number of anilines is 2. The van der Waals surface area contributed by atoms with E-state index in [4.69, 9.17) is 0 Å². The standard InChI is InChI=1S/C12H14FN3O/c13-9-2-1-3-10-12(9)15-11(17)6-8-7-14-4-5-16(8)10/h1-3,8,14H,4-7H2,(H,15,17)/t8-/m1/s1. The number of hydrogen-bond donors (Lipinski definition) is 2. The molecule has 1 aromatic rings. The van der Waals surface area contributed by atoms with Crippen molar-refractivity contribution in [1.82, 2.24) is 5.32 Å². The van der Waals surface area contributed by atoms with E-state index in [1.165, 1.54) is 6.07 Å². The highest BCUT2D eigenvalue weighted by atomic mass is 19.1. The van der Waals surface area contributed by atoms with Crippen molar-refractivity contribution in [1.29, 1.82) is 0 Å². The van der Waals surface area contributed by atoms with Gasteiger partial charge in [0, 0.05) is 26.1 Å². The van der Waals surface area contributed by atoms with Crippen LogP contribution in [0.2, 0.25) is 0 Å². The summed E-state index contributed by atoms with van der Waals surface area (Å²) in [5.41, 5.74) is 1.12. The highest BCUT2D eigenvalue weighted by Crippen LogP contribution is 2.33. The van der Waals surface area contributed by atoms with Crippen molar-refractivity contribution < 1.29 is 9.18 Å². The maximum atomic E-state index is 13.7. The first-order chi connectivity index (χ1) is 8.25. The van der Waals surface area contributed by atoms with Gasteiger partial charge in [0.05, 0.1) is 11.7 Å². The number of amides is 1. The third-order valence-electron chi connectivity index (χ3n) is 3.34. The van der Waals surface area contributed by atoms with Crippen LogP contribution < -0.4 is 15.5 Å². The Morgan fingerprint density at radius 1 is 1.41 bits per heavy atom. The van der Waals surface area contributed by atoms with Gasteiger partial charge < -0.3 is 15.5 Å². The summed E-state index contributed by atoms with van der Waals surface area (Å²) in [4.78, 5) is 13.8. The average Bonchev–Trinajstić information content (AvgIpc) is 2.46. The van der Waals surface area contributed by atoms with Crippen molar-refractivity contribution in [3.05, 3.63) is 24.0 Å². The van der Waals surface area contributed by atoms with Crippen LogP contribution in [0.5, 0.6) is 0 Å². The number of nitrogens with zero attached hydrogens (tertiary/aromatic N) is 1. The van der Waals surface area contributed by atoms with E-state index in [0.717, 1.165) is 25.3 Å². The van der Waals surface area contributed by atoms with E-state index in [-0.39, 0.29) is 17.8 Å². The van der Waals surface area contributed by atoms with Crippen molar-refractivity contribution in [2.45, 2.75) is 12.5 Å². The fourth-order valence-electron chi connectivity index (χ4n) is 2.54. The topological polar surface area (TPSA) is 44.4 Å². The van der Waals surface area contributed by atoms with Crippen molar-refractivity contribution in [3.8, 4) is 0 Å². The van der Waals surface area contributed by atoms with Gasteiger partial charge in [0.2, 0.25) is 5.91 Å². The summed E-state index contributed by atoms with van der Waals surface area (Å²) in [6.45, 7) is 2.43. The van der Waals surface area contributed by atoms with E-state index in [9.17, 15) is 9.18 Å². The quantitative estimate of drug-likeness (QED) is 0.703. The van der Waals surface area contributed by atoms with Crippen LogP contribution in [0.1, 0.15) is 6.42 Å². The molecule has 90 valence electrons. The Bertz CT molecular complexity index is 463. The van der Waals surface area contributed by atoms with Crippen LogP contribution in [-0.2, 0) is 4.79 Å². The zero-order valence-corrected chi connectivity index (χ0v) is 9.37. The van der Waals surface area contributed by atoms with Gasteiger partial charge in [0.25, 0.3) is 0 Å². The summed E-state index contributed by atoms with van der Waals surface area (Å²) in [6, 6.07) is 5.04. The second-order valence-corrected chi connectivity index (χ2v) is 4.44. The number of nitrogens with one attached hydrogen (secondary N) is 2. The normalized spacial score (nSPS) is 23.5. The van der Waals surface area contributed by atoms with Crippen molar-refractivity contribution >= 4 is 17.3 Å². The molecule has 1 fully saturated rings. The predicted molar refractivity (Wildman–Crippen MR) is 63.7 cm³/mol. The van der Waals surface area contributed by atoms with Crippen LogP contribution in [0, 0.1) is 5.82 Å². The fourth-order valence-corrected chi connectivity index (χ4v) is 2.54. The molecular formula is C12H14FN3O. The molecule has 1 aromatic carbocycles. The van der Waals surface area contributed by atoms with Crippen LogP contribution in [0.3, 0.4) is 0 Å². The Hall–Kier alpha value is -1.62. The van der Waals surface area contributed by atoms with E-state index in [1.807, 2.05) is 6.07 Å². The molecule has 3 rings (SSSR count). The predicted octanol–water partition coefficient (Wildman–Crippen LogP) is 0.946. The van der Waals surface area contributed by atoms with Crippen LogP contribution in [0.25, 0.3) is 0 Å². The van der Waals surface area contributed by atoms with E-state index < -0.39 is 0 Å². The summed E-state index contributed by atoms with van der Waals surface area (Å²) in [7, 11) is 0. The Labute approximate surface area is 98.8 Å². The molecule has 2 aliphatic rings. The average molecular weight is 235 g/mol. The summed E-state index contributed by atoms with van der Waals surface area (Å²) < 4.78 is 13.7. The Balaban J connectivity index is 2.09. The number of hydrogen-bond acceptors (Lipinski definition) is 3. The van der Waals surface area contributed by atoms with Crippen LogP contribution >= 0.6 is 0 Å². The second-order valence-electron chi connectivity index (χ2n) is 4.44. The minimum Gasteiger partial charge on any atom is -0.364 e. The molecule has 0 radical (unpaired) electrons. The third-order valence-corrected chi connectivity index (χ3v) is 3.34. The zero-order valence-electron chi connectivity index (χ0n) is 9.37. The Morgan fingerprint density at radius 3 is 3.18 bits per heavy atom. The van der Waals surface area contributed by atoms with Crippen molar-refractivity contribution in [2.75, 3.05) is 29.9 Å². The smallest absolute Gasteiger partial charge is 0.226 e. The lowest BCUT2D eigenvalue weighted by atomic mass is 10.1. The summed E-state index contributed by atoms with van der Waals surface area (Å²) in [5.74, 6) is -0.484. The summed E-state index contributed by atoms with van der Waals surface area (Å²) in [5, 5.41) is 5.93. The number of carbonyl (C=O) groups excluding carboxylic acids is 1. The largest absolute Gasteiger partial charge is 0.364 e. The molecule has 0 aromatic heterocycles. The molecule has 0 bridgehead atoms. The number of carbonyl (C=O) groups is 1. The minimum atomic E-state index is -0.366. The van der Waals surface area contributed by atoms with Gasteiger partial charge in [-0.1, -0.05) is 6.07 Å². The Kier molecular flexibility index (Phi) is 2.48. The number of para-hydroxylation sites is 1.